The maximum absolute atomic E-state index is 12.2. The number of carbonyl (C=O) groups excluding carboxylic acids is 1. The first-order valence-electron chi connectivity index (χ1n) is 9.51. The van der Waals surface area contributed by atoms with Gasteiger partial charge in [-0.25, -0.2) is 4.79 Å². The van der Waals surface area contributed by atoms with E-state index in [1.807, 2.05) is 24.3 Å². The van der Waals surface area contributed by atoms with Crippen LogP contribution in [0.5, 0.6) is 5.75 Å². The molecule has 29 heavy (non-hydrogen) atoms. The molecule has 0 spiro atoms. The lowest BCUT2D eigenvalue weighted by atomic mass is 10.1. The van der Waals surface area contributed by atoms with Gasteiger partial charge in [-0.05, 0) is 49.6 Å². The number of rotatable bonds is 11. The van der Waals surface area contributed by atoms with Crippen LogP contribution in [-0.2, 0) is 27.2 Å². The van der Waals surface area contributed by atoms with Gasteiger partial charge in [-0.15, -0.1) is 0 Å². The Balaban J connectivity index is 1.81. The fourth-order valence-electron chi connectivity index (χ4n) is 2.76. The van der Waals surface area contributed by atoms with Crippen molar-refractivity contribution in [3.8, 4) is 5.75 Å². The van der Waals surface area contributed by atoms with Gasteiger partial charge in [-0.1, -0.05) is 41.9 Å². The largest absolute Gasteiger partial charge is 0.481 e. The van der Waals surface area contributed by atoms with Crippen LogP contribution in [0.1, 0.15) is 25.0 Å². The van der Waals surface area contributed by atoms with Crippen molar-refractivity contribution < 1.29 is 24.2 Å². The second-order valence-corrected chi connectivity index (χ2v) is 6.93. The molecule has 0 saturated carbocycles. The van der Waals surface area contributed by atoms with Gasteiger partial charge in [0.25, 0.3) is 5.91 Å². The molecule has 0 aliphatic rings. The molecule has 2 atom stereocenters. The van der Waals surface area contributed by atoms with E-state index in [-0.39, 0.29) is 12.3 Å². The van der Waals surface area contributed by atoms with E-state index in [0.29, 0.717) is 30.3 Å². The van der Waals surface area contributed by atoms with Gasteiger partial charge < -0.3 is 19.9 Å². The first-order valence-corrected chi connectivity index (χ1v) is 9.89. The third-order valence-electron chi connectivity index (χ3n) is 4.32. The van der Waals surface area contributed by atoms with E-state index in [0.717, 1.165) is 11.1 Å². The highest BCUT2D eigenvalue weighted by Gasteiger charge is 2.18. The van der Waals surface area contributed by atoms with Crippen LogP contribution in [0, 0.1) is 0 Å². The van der Waals surface area contributed by atoms with Crippen LogP contribution in [0.3, 0.4) is 0 Å². The Bertz CT molecular complexity index is 809. The smallest absolute Gasteiger partial charge is 0.333 e. The number of halogens is 1. The second-order valence-electron chi connectivity index (χ2n) is 6.52. The van der Waals surface area contributed by atoms with E-state index < -0.39 is 18.2 Å². The molecule has 0 aromatic heterocycles. The summed E-state index contributed by atoms with van der Waals surface area (Å²) in [5.41, 5.74) is 1.79. The molecule has 7 heteroatoms. The molecular weight excluding hydrogens is 394 g/mol. The molecule has 0 radical (unpaired) electrons. The fourth-order valence-corrected chi connectivity index (χ4v) is 2.99. The minimum atomic E-state index is -0.991. The number of nitrogens with one attached hydrogen (secondary N) is 1. The Labute approximate surface area is 175 Å². The van der Waals surface area contributed by atoms with Crippen molar-refractivity contribution in [1.29, 1.82) is 0 Å². The van der Waals surface area contributed by atoms with Gasteiger partial charge in [-0.2, -0.15) is 0 Å². The van der Waals surface area contributed by atoms with E-state index >= 15 is 0 Å². The quantitative estimate of drug-likeness (QED) is 0.582. The molecule has 0 saturated heterocycles. The van der Waals surface area contributed by atoms with E-state index in [1.54, 1.807) is 38.1 Å². The zero-order valence-corrected chi connectivity index (χ0v) is 17.3. The van der Waals surface area contributed by atoms with Gasteiger partial charge in [0.05, 0.1) is 0 Å². The molecule has 0 heterocycles. The topological polar surface area (TPSA) is 84.9 Å². The molecule has 6 nitrogen and oxygen atoms in total. The number of hydrogen-bond acceptors (Lipinski definition) is 4. The Morgan fingerprint density at radius 3 is 2.45 bits per heavy atom. The Hall–Kier alpha value is -2.57. The normalized spacial score (nSPS) is 12.8. The lowest BCUT2D eigenvalue weighted by Gasteiger charge is -2.16. The average Bonchev–Trinajstić information content (AvgIpc) is 2.70. The summed E-state index contributed by atoms with van der Waals surface area (Å²) in [6.45, 7) is 4.23. The molecule has 1 amide bonds. The number of aliphatic carboxylic acids is 1. The van der Waals surface area contributed by atoms with Crippen LogP contribution in [0.15, 0.2) is 48.5 Å². The minimum Gasteiger partial charge on any atom is -0.481 e. The first kappa shape index (κ1) is 22.7. The van der Waals surface area contributed by atoms with Crippen LogP contribution < -0.4 is 10.1 Å². The summed E-state index contributed by atoms with van der Waals surface area (Å²) < 4.78 is 10.9. The zero-order valence-electron chi connectivity index (χ0n) is 16.6. The third kappa shape index (κ3) is 7.40. The predicted molar refractivity (Wildman–Crippen MR) is 111 cm³/mol. The maximum Gasteiger partial charge on any atom is 0.333 e. The standard InChI is InChI=1S/C22H26ClNO5/c1-3-28-20(22(26)27)14-16-8-10-18(11-9-16)29-15(2)21(25)24-13-12-17-6-4-5-7-19(17)23/h4-11,15,20H,3,12-14H2,1-2H3,(H,24,25)(H,26,27)/t15?,20-/m0/s1. The number of hydrogen-bond donors (Lipinski definition) is 2. The van der Waals surface area contributed by atoms with Crippen molar-refractivity contribution in [1.82, 2.24) is 5.32 Å². The second kappa shape index (κ2) is 11.4. The maximum atomic E-state index is 12.2. The van der Waals surface area contributed by atoms with Crippen molar-refractivity contribution in [2.24, 2.45) is 0 Å². The zero-order chi connectivity index (χ0) is 21.2. The van der Waals surface area contributed by atoms with Gasteiger partial charge in [-0.3, -0.25) is 4.79 Å². The highest BCUT2D eigenvalue weighted by atomic mass is 35.5. The van der Waals surface area contributed by atoms with Gasteiger partial charge in [0.2, 0.25) is 0 Å². The molecule has 0 bridgehead atoms. The summed E-state index contributed by atoms with van der Waals surface area (Å²) in [5, 5.41) is 12.7. The van der Waals surface area contributed by atoms with Gasteiger partial charge in [0, 0.05) is 24.6 Å². The van der Waals surface area contributed by atoms with E-state index in [9.17, 15) is 9.59 Å². The summed E-state index contributed by atoms with van der Waals surface area (Å²) in [4.78, 5) is 23.4. The molecule has 2 aromatic rings. The number of carbonyl (C=O) groups is 2. The number of amides is 1. The van der Waals surface area contributed by atoms with Crippen molar-refractivity contribution in [3.63, 3.8) is 0 Å². The molecule has 0 fully saturated rings. The SMILES string of the molecule is CCO[C@@H](Cc1ccc(OC(C)C(=O)NCCc2ccccc2Cl)cc1)C(=O)O. The number of carboxylic acids is 1. The highest BCUT2D eigenvalue weighted by molar-refractivity contribution is 6.31. The molecule has 2 aromatic carbocycles. The molecule has 2 N–H and O–H groups in total. The monoisotopic (exact) mass is 419 g/mol. The van der Waals surface area contributed by atoms with E-state index in [2.05, 4.69) is 5.32 Å². The van der Waals surface area contributed by atoms with E-state index in [4.69, 9.17) is 26.2 Å². The summed E-state index contributed by atoms with van der Waals surface area (Å²) >= 11 is 6.11. The van der Waals surface area contributed by atoms with Gasteiger partial charge >= 0.3 is 5.97 Å². The predicted octanol–water partition coefficient (Wildman–Crippen LogP) is 3.50. The minimum absolute atomic E-state index is 0.219. The highest BCUT2D eigenvalue weighted by Crippen LogP contribution is 2.17. The number of ether oxygens (including phenoxy) is 2. The van der Waals surface area contributed by atoms with Crippen LogP contribution in [0.25, 0.3) is 0 Å². The van der Waals surface area contributed by atoms with Crippen molar-refractivity contribution in [2.75, 3.05) is 13.2 Å². The van der Waals surface area contributed by atoms with Gasteiger partial charge in [0.1, 0.15) is 5.75 Å². The summed E-state index contributed by atoms with van der Waals surface area (Å²) in [5.74, 6) is -0.677. The Morgan fingerprint density at radius 1 is 1.14 bits per heavy atom. The molecular formula is C22H26ClNO5. The average molecular weight is 420 g/mol. The fraction of sp³-hybridized carbons (Fsp3) is 0.364. The first-order chi connectivity index (χ1) is 13.9. The van der Waals surface area contributed by atoms with Crippen LogP contribution in [0.4, 0.5) is 0 Å². The Kier molecular flexibility index (Phi) is 8.96. The molecule has 0 aliphatic heterocycles. The molecule has 0 aliphatic carbocycles. The van der Waals surface area contributed by atoms with Crippen LogP contribution in [-0.4, -0.2) is 42.3 Å². The van der Waals surface area contributed by atoms with Crippen LogP contribution >= 0.6 is 11.6 Å². The number of carboxylic acid groups (broad SMARTS) is 1. The lowest BCUT2D eigenvalue weighted by molar-refractivity contribution is -0.150. The molecule has 2 rings (SSSR count). The summed E-state index contributed by atoms with van der Waals surface area (Å²) in [7, 11) is 0. The summed E-state index contributed by atoms with van der Waals surface area (Å²) in [6, 6.07) is 14.5. The molecule has 1 unspecified atom stereocenters. The summed E-state index contributed by atoms with van der Waals surface area (Å²) in [6.07, 6.45) is -0.643. The van der Waals surface area contributed by atoms with Crippen molar-refractivity contribution in [3.05, 3.63) is 64.7 Å². The number of benzene rings is 2. The Morgan fingerprint density at radius 2 is 1.83 bits per heavy atom. The van der Waals surface area contributed by atoms with Crippen molar-refractivity contribution in [2.45, 2.75) is 38.9 Å². The van der Waals surface area contributed by atoms with Crippen LogP contribution in [0.2, 0.25) is 5.02 Å². The molecule has 156 valence electrons. The van der Waals surface area contributed by atoms with Crippen molar-refractivity contribution >= 4 is 23.5 Å². The van der Waals surface area contributed by atoms with E-state index in [1.165, 1.54) is 0 Å². The lowest BCUT2D eigenvalue weighted by Crippen LogP contribution is -2.37. The van der Waals surface area contributed by atoms with Gasteiger partial charge in [0.15, 0.2) is 12.2 Å². The third-order valence-corrected chi connectivity index (χ3v) is 4.69.